The molecule has 1 heterocycles. The molecule has 0 unspecified atom stereocenters. The molecule has 6 nitrogen and oxygen atoms in total. The zero-order valence-electron chi connectivity index (χ0n) is 18.0. The molecule has 0 aliphatic heterocycles. The number of para-hydroxylation sites is 1. The third-order valence-electron chi connectivity index (χ3n) is 5.09. The Morgan fingerprint density at radius 3 is 2.16 bits per heavy atom. The van der Waals surface area contributed by atoms with Gasteiger partial charge in [0, 0.05) is 18.1 Å². The molecule has 3 aromatic rings. The van der Waals surface area contributed by atoms with Crippen LogP contribution in [0.15, 0.2) is 71.9 Å². The van der Waals surface area contributed by atoms with Gasteiger partial charge in [-0.1, -0.05) is 49.7 Å². The first-order chi connectivity index (χ1) is 14.9. The van der Waals surface area contributed by atoms with Crippen molar-refractivity contribution in [2.75, 3.05) is 16.2 Å². The van der Waals surface area contributed by atoms with Gasteiger partial charge in [0.2, 0.25) is 5.91 Å². The number of carbonyl (C=O) groups excluding carboxylic acids is 1. The molecule has 0 fully saturated rings. The Hall–Kier alpha value is -3.19. The van der Waals surface area contributed by atoms with Crippen molar-refractivity contribution >= 4 is 27.3 Å². The third kappa shape index (κ3) is 5.11. The summed E-state index contributed by atoms with van der Waals surface area (Å²) < 4.78 is 27.8. The summed E-state index contributed by atoms with van der Waals surface area (Å²) in [7, 11) is -3.98. The lowest BCUT2D eigenvalue weighted by Crippen LogP contribution is -2.38. The van der Waals surface area contributed by atoms with Crippen LogP contribution in [0, 0.1) is 6.92 Å². The summed E-state index contributed by atoms with van der Waals surface area (Å²) in [6, 6.07) is 16.0. The van der Waals surface area contributed by atoms with E-state index in [4.69, 9.17) is 0 Å². The standard InChI is InChI=1S/C24H27N3O3S/c1-4-19-8-6-9-20(5-2)24(19)26-23(28)17-27(21-13-11-18(3)12-14-21)31(29,30)22-10-7-15-25-16-22/h6-16H,4-5,17H2,1-3H3,(H,26,28). The van der Waals surface area contributed by atoms with E-state index in [-0.39, 0.29) is 11.4 Å². The molecule has 2 aromatic carbocycles. The highest BCUT2D eigenvalue weighted by Gasteiger charge is 2.27. The van der Waals surface area contributed by atoms with Crippen LogP contribution in [-0.2, 0) is 27.7 Å². The van der Waals surface area contributed by atoms with Crippen LogP contribution in [-0.4, -0.2) is 25.9 Å². The van der Waals surface area contributed by atoms with Crippen LogP contribution in [0.3, 0.4) is 0 Å². The Bertz CT molecular complexity index is 1120. The van der Waals surface area contributed by atoms with E-state index in [1.54, 1.807) is 18.2 Å². The van der Waals surface area contributed by atoms with Gasteiger partial charge in [0.15, 0.2) is 0 Å². The Morgan fingerprint density at radius 2 is 1.61 bits per heavy atom. The highest BCUT2D eigenvalue weighted by atomic mass is 32.2. The summed E-state index contributed by atoms with van der Waals surface area (Å²) in [6.07, 6.45) is 4.32. The molecule has 3 rings (SSSR count). The van der Waals surface area contributed by atoms with Crippen LogP contribution < -0.4 is 9.62 Å². The summed E-state index contributed by atoms with van der Waals surface area (Å²) in [4.78, 5) is 17.0. The van der Waals surface area contributed by atoms with Crippen molar-refractivity contribution in [1.82, 2.24) is 4.98 Å². The van der Waals surface area contributed by atoms with E-state index in [2.05, 4.69) is 10.3 Å². The summed E-state index contributed by atoms with van der Waals surface area (Å²) in [5, 5.41) is 2.96. The molecule has 7 heteroatoms. The van der Waals surface area contributed by atoms with Gasteiger partial charge >= 0.3 is 0 Å². The molecule has 1 amide bonds. The molecule has 162 valence electrons. The monoisotopic (exact) mass is 437 g/mol. The molecular formula is C24H27N3O3S. The number of hydrogen-bond donors (Lipinski definition) is 1. The third-order valence-corrected chi connectivity index (χ3v) is 6.85. The molecule has 0 spiro atoms. The summed E-state index contributed by atoms with van der Waals surface area (Å²) in [5.74, 6) is -0.399. The lowest BCUT2D eigenvalue weighted by Gasteiger charge is -2.24. The highest BCUT2D eigenvalue weighted by molar-refractivity contribution is 7.92. The van der Waals surface area contributed by atoms with Crippen molar-refractivity contribution in [2.45, 2.75) is 38.5 Å². The molecule has 0 saturated heterocycles. The summed E-state index contributed by atoms with van der Waals surface area (Å²) in [5.41, 5.74) is 4.22. The summed E-state index contributed by atoms with van der Waals surface area (Å²) >= 11 is 0. The number of nitrogens with zero attached hydrogens (tertiary/aromatic N) is 2. The molecular weight excluding hydrogens is 410 g/mol. The molecule has 0 saturated carbocycles. The highest BCUT2D eigenvalue weighted by Crippen LogP contribution is 2.25. The van der Waals surface area contributed by atoms with E-state index in [1.165, 1.54) is 18.5 Å². The smallest absolute Gasteiger partial charge is 0.266 e. The number of benzene rings is 2. The minimum Gasteiger partial charge on any atom is -0.324 e. The number of hydrogen-bond acceptors (Lipinski definition) is 4. The maximum Gasteiger partial charge on any atom is 0.266 e. The molecule has 1 aromatic heterocycles. The van der Waals surface area contributed by atoms with E-state index in [1.807, 2.05) is 51.1 Å². The zero-order valence-corrected chi connectivity index (χ0v) is 18.8. The maximum absolute atomic E-state index is 13.4. The van der Waals surface area contributed by atoms with Crippen LogP contribution in [0.5, 0.6) is 0 Å². The van der Waals surface area contributed by atoms with E-state index in [0.717, 1.165) is 39.5 Å². The number of aryl methyl sites for hydroxylation is 3. The minimum atomic E-state index is -3.98. The predicted octanol–water partition coefficient (Wildman–Crippen LogP) is 4.35. The van der Waals surface area contributed by atoms with Crippen molar-refractivity contribution in [3.05, 3.63) is 83.7 Å². The van der Waals surface area contributed by atoms with Gasteiger partial charge in [-0.3, -0.25) is 14.1 Å². The quantitative estimate of drug-likeness (QED) is 0.568. The first-order valence-electron chi connectivity index (χ1n) is 10.3. The number of aromatic nitrogens is 1. The van der Waals surface area contributed by atoms with Crippen LogP contribution in [0.2, 0.25) is 0 Å². The van der Waals surface area contributed by atoms with Crippen LogP contribution in [0.25, 0.3) is 0 Å². The lowest BCUT2D eigenvalue weighted by molar-refractivity contribution is -0.114. The second-order valence-electron chi connectivity index (χ2n) is 7.24. The summed E-state index contributed by atoms with van der Waals surface area (Å²) in [6.45, 7) is 5.62. The number of nitrogens with one attached hydrogen (secondary N) is 1. The van der Waals surface area contributed by atoms with Gasteiger partial charge in [-0.05, 0) is 55.2 Å². The number of carbonyl (C=O) groups is 1. The SMILES string of the molecule is CCc1cccc(CC)c1NC(=O)CN(c1ccc(C)cc1)S(=O)(=O)c1cccnc1. The maximum atomic E-state index is 13.4. The predicted molar refractivity (Wildman–Crippen MR) is 124 cm³/mol. The fourth-order valence-corrected chi connectivity index (χ4v) is 4.75. The van der Waals surface area contributed by atoms with Crippen molar-refractivity contribution in [3.63, 3.8) is 0 Å². The molecule has 0 bridgehead atoms. The van der Waals surface area contributed by atoms with Gasteiger partial charge in [0.25, 0.3) is 10.0 Å². The first-order valence-corrected chi connectivity index (χ1v) is 11.7. The van der Waals surface area contributed by atoms with Gasteiger partial charge < -0.3 is 5.32 Å². The van der Waals surface area contributed by atoms with Crippen LogP contribution in [0.1, 0.15) is 30.5 Å². The van der Waals surface area contributed by atoms with Crippen LogP contribution in [0.4, 0.5) is 11.4 Å². The number of sulfonamides is 1. The number of anilines is 2. The lowest BCUT2D eigenvalue weighted by atomic mass is 10.0. The Morgan fingerprint density at radius 1 is 0.968 bits per heavy atom. The molecule has 0 aliphatic rings. The van der Waals surface area contributed by atoms with Gasteiger partial charge in [-0.2, -0.15) is 0 Å². The number of rotatable bonds is 8. The van der Waals surface area contributed by atoms with Gasteiger partial charge in [-0.15, -0.1) is 0 Å². The first kappa shape index (κ1) is 22.5. The van der Waals surface area contributed by atoms with Crippen molar-refractivity contribution < 1.29 is 13.2 Å². The van der Waals surface area contributed by atoms with Crippen molar-refractivity contribution in [3.8, 4) is 0 Å². The largest absolute Gasteiger partial charge is 0.324 e. The van der Waals surface area contributed by atoms with Crippen molar-refractivity contribution in [1.29, 1.82) is 0 Å². The zero-order chi connectivity index (χ0) is 22.4. The molecule has 1 N–H and O–H groups in total. The van der Waals surface area contributed by atoms with E-state index >= 15 is 0 Å². The van der Waals surface area contributed by atoms with Crippen molar-refractivity contribution in [2.24, 2.45) is 0 Å². The fraction of sp³-hybridized carbons (Fsp3) is 0.250. The number of pyridine rings is 1. The molecule has 31 heavy (non-hydrogen) atoms. The second-order valence-corrected chi connectivity index (χ2v) is 9.10. The van der Waals surface area contributed by atoms with Crippen LogP contribution >= 0.6 is 0 Å². The fourth-order valence-electron chi connectivity index (χ4n) is 3.37. The van der Waals surface area contributed by atoms with Gasteiger partial charge in [0.1, 0.15) is 11.4 Å². The molecule has 0 radical (unpaired) electrons. The van der Waals surface area contributed by atoms with E-state index < -0.39 is 15.9 Å². The van der Waals surface area contributed by atoms with Gasteiger partial charge in [-0.25, -0.2) is 8.42 Å². The average Bonchev–Trinajstić information content (AvgIpc) is 2.79. The Kier molecular flexibility index (Phi) is 7.07. The molecule has 0 aliphatic carbocycles. The Balaban J connectivity index is 1.96. The average molecular weight is 438 g/mol. The number of amides is 1. The molecule has 0 atom stereocenters. The normalized spacial score (nSPS) is 11.2. The second kappa shape index (κ2) is 9.75. The van der Waals surface area contributed by atoms with E-state index in [0.29, 0.717) is 5.69 Å². The Labute approximate surface area is 184 Å². The topological polar surface area (TPSA) is 79.4 Å². The minimum absolute atomic E-state index is 0.0339. The van der Waals surface area contributed by atoms with Gasteiger partial charge in [0.05, 0.1) is 5.69 Å². The van der Waals surface area contributed by atoms with E-state index in [9.17, 15) is 13.2 Å².